The van der Waals surface area contributed by atoms with Crippen LogP contribution in [0.15, 0.2) is 17.5 Å². The average molecular weight is 295 g/mol. The van der Waals surface area contributed by atoms with Crippen LogP contribution in [0.5, 0.6) is 0 Å². The highest BCUT2D eigenvalue weighted by Gasteiger charge is 2.18. The lowest BCUT2D eigenvalue weighted by Gasteiger charge is -2.03. The maximum atomic E-state index is 12.1. The number of carbonyl (C=O) groups is 2. The summed E-state index contributed by atoms with van der Waals surface area (Å²) in [6.07, 6.45) is 0.749. The van der Waals surface area contributed by atoms with Crippen molar-refractivity contribution in [2.45, 2.75) is 20.3 Å². The molecule has 0 aliphatic rings. The summed E-state index contributed by atoms with van der Waals surface area (Å²) in [5.41, 5.74) is 1.05. The minimum Gasteiger partial charge on any atom is -0.478 e. The van der Waals surface area contributed by atoms with Crippen molar-refractivity contribution in [1.29, 1.82) is 0 Å². The first-order valence-electron chi connectivity index (χ1n) is 5.74. The summed E-state index contributed by atoms with van der Waals surface area (Å²) in [5, 5.41) is 14.1. The standard InChI is InChI=1S/C13H13NO3S2/c1-3-8-6-9(13(16)17)12(19-8)14-11(15)10-7(2)4-5-18-10/h4-6H,3H2,1-2H3,(H,14,15)(H,16,17). The van der Waals surface area contributed by atoms with E-state index < -0.39 is 5.97 Å². The van der Waals surface area contributed by atoms with Gasteiger partial charge >= 0.3 is 5.97 Å². The number of carboxylic acids is 1. The minimum atomic E-state index is -1.02. The van der Waals surface area contributed by atoms with E-state index >= 15 is 0 Å². The van der Waals surface area contributed by atoms with E-state index in [4.69, 9.17) is 5.11 Å². The number of carbonyl (C=O) groups excluding carboxylic acids is 1. The number of thiophene rings is 2. The van der Waals surface area contributed by atoms with Gasteiger partial charge in [0.15, 0.2) is 0 Å². The van der Waals surface area contributed by atoms with Crippen molar-refractivity contribution in [3.63, 3.8) is 0 Å². The maximum absolute atomic E-state index is 12.1. The van der Waals surface area contributed by atoms with Gasteiger partial charge in [0, 0.05) is 4.88 Å². The van der Waals surface area contributed by atoms with Gasteiger partial charge in [0.2, 0.25) is 0 Å². The zero-order valence-electron chi connectivity index (χ0n) is 10.5. The monoisotopic (exact) mass is 295 g/mol. The van der Waals surface area contributed by atoms with Crippen LogP contribution in [0.2, 0.25) is 0 Å². The fourth-order valence-electron chi connectivity index (χ4n) is 1.63. The van der Waals surface area contributed by atoms with E-state index in [1.54, 1.807) is 6.07 Å². The van der Waals surface area contributed by atoms with Crippen LogP contribution in [-0.2, 0) is 6.42 Å². The Labute approximate surface area is 118 Å². The van der Waals surface area contributed by atoms with Gasteiger partial charge in [-0.1, -0.05) is 6.92 Å². The Hall–Kier alpha value is -1.66. The first-order valence-corrected chi connectivity index (χ1v) is 7.44. The third-order valence-electron chi connectivity index (χ3n) is 2.66. The van der Waals surface area contributed by atoms with Gasteiger partial charge in [-0.2, -0.15) is 0 Å². The van der Waals surface area contributed by atoms with Gasteiger partial charge in [-0.15, -0.1) is 22.7 Å². The Morgan fingerprint density at radius 1 is 1.42 bits per heavy atom. The van der Waals surface area contributed by atoms with Crippen LogP contribution in [0.4, 0.5) is 5.00 Å². The summed E-state index contributed by atoms with van der Waals surface area (Å²) in [5.74, 6) is -1.27. The summed E-state index contributed by atoms with van der Waals surface area (Å²) in [6.45, 7) is 3.81. The van der Waals surface area contributed by atoms with Gasteiger partial charge in [-0.3, -0.25) is 4.79 Å². The molecular weight excluding hydrogens is 282 g/mol. The summed E-state index contributed by atoms with van der Waals surface area (Å²) < 4.78 is 0. The van der Waals surface area contributed by atoms with E-state index in [9.17, 15) is 9.59 Å². The van der Waals surface area contributed by atoms with Crippen molar-refractivity contribution in [2.75, 3.05) is 5.32 Å². The third kappa shape index (κ3) is 2.85. The molecule has 2 N–H and O–H groups in total. The van der Waals surface area contributed by atoms with Crippen LogP contribution in [0.3, 0.4) is 0 Å². The van der Waals surface area contributed by atoms with Gasteiger partial charge in [-0.05, 0) is 36.4 Å². The zero-order valence-corrected chi connectivity index (χ0v) is 12.2. The van der Waals surface area contributed by atoms with Crippen molar-refractivity contribution < 1.29 is 14.7 Å². The maximum Gasteiger partial charge on any atom is 0.338 e. The number of aromatic carboxylic acids is 1. The molecule has 2 aromatic heterocycles. The van der Waals surface area contributed by atoms with Crippen molar-refractivity contribution in [3.05, 3.63) is 38.4 Å². The van der Waals surface area contributed by atoms with Gasteiger partial charge < -0.3 is 10.4 Å². The molecule has 0 bridgehead atoms. The molecule has 2 rings (SSSR count). The molecule has 1 amide bonds. The average Bonchev–Trinajstić information content (AvgIpc) is 2.95. The highest BCUT2D eigenvalue weighted by Crippen LogP contribution is 2.29. The lowest BCUT2D eigenvalue weighted by Crippen LogP contribution is -2.12. The largest absolute Gasteiger partial charge is 0.478 e. The molecule has 0 aliphatic heterocycles. The first-order chi connectivity index (χ1) is 9.02. The number of carboxylic acid groups (broad SMARTS) is 1. The summed E-state index contributed by atoms with van der Waals surface area (Å²) in [6, 6.07) is 3.48. The molecule has 6 heteroatoms. The predicted molar refractivity (Wildman–Crippen MR) is 77.7 cm³/mol. The van der Waals surface area contributed by atoms with Gasteiger partial charge in [0.25, 0.3) is 5.91 Å². The molecule has 0 aliphatic carbocycles. The van der Waals surface area contributed by atoms with E-state index in [0.717, 1.165) is 16.9 Å². The quantitative estimate of drug-likeness (QED) is 0.905. The van der Waals surface area contributed by atoms with Gasteiger partial charge in [0.05, 0.1) is 10.4 Å². The Morgan fingerprint density at radius 3 is 2.68 bits per heavy atom. The smallest absolute Gasteiger partial charge is 0.338 e. The molecule has 0 saturated carbocycles. The first kappa shape index (κ1) is 13.8. The zero-order chi connectivity index (χ0) is 14.0. The minimum absolute atomic E-state index is 0.157. The lowest BCUT2D eigenvalue weighted by molar-refractivity contribution is 0.0698. The molecule has 4 nitrogen and oxygen atoms in total. The molecule has 2 heterocycles. The lowest BCUT2D eigenvalue weighted by atomic mass is 10.2. The molecule has 0 aromatic carbocycles. The number of aryl methyl sites for hydroxylation is 2. The SMILES string of the molecule is CCc1cc(C(=O)O)c(NC(=O)c2sccc2C)s1. The Balaban J connectivity index is 2.28. The highest BCUT2D eigenvalue weighted by atomic mass is 32.1. The van der Waals surface area contributed by atoms with E-state index in [1.807, 2.05) is 25.3 Å². The van der Waals surface area contributed by atoms with E-state index in [-0.39, 0.29) is 11.5 Å². The van der Waals surface area contributed by atoms with Crippen molar-refractivity contribution >= 4 is 39.6 Å². The molecule has 0 atom stereocenters. The van der Waals surface area contributed by atoms with E-state index in [0.29, 0.717) is 9.88 Å². The van der Waals surface area contributed by atoms with E-state index in [1.165, 1.54) is 22.7 Å². The summed E-state index contributed by atoms with van der Waals surface area (Å²) in [7, 11) is 0. The van der Waals surface area contributed by atoms with Crippen LogP contribution in [0.25, 0.3) is 0 Å². The van der Waals surface area contributed by atoms with Crippen LogP contribution in [-0.4, -0.2) is 17.0 Å². The number of rotatable bonds is 4. The molecule has 100 valence electrons. The predicted octanol–water partition coefficient (Wildman–Crippen LogP) is 3.63. The molecule has 0 fully saturated rings. The van der Waals surface area contributed by atoms with Crippen molar-refractivity contribution in [2.24, 2.45) is 0 Å². The number of anilines is 1. The second kappa shape index (κ2) is 5.54. The molecule has 0 spiro atoms. The van der Waals surface area contributed by atoms with Gasteiger partial charge in [0.1, 0.15) is 5.00 Å². The van der Waals surface area contributed by atoms with Gasteiger partial charge in [-0.25, -0.2) is 4.79 Å². The number of nitrogens with one attached hydrogen (secondary N) is 1. The van der Waals surface area contributed by atoms with E-state index in [2.05, 4.69) is 5.32 Å². The molecule has 0 saturated heterocycles. The van der Waals surface area contributed by atoms with Crippen molar-refractivity contribution in [1.82, 2.24) is 0 Å². The summed E-state index contributed by atoms with van der Waals surface area (Å²) >= 11 is 2.66. The fourth-order valence-corrected chi connectivity index (χ4v) is 3.44. The Kier molecular flexibility index (Phi) is 4.01. The number of hydrogen-bond donors (Lipinski definition) is 2. The van der Waals surface area contributed by atoms with Crippen LogP contribution < -0.4 is 5.32 Å². The van der Waals surface area contributed by atoms with Crippen LogP contribution in [0, 0.1) is 6.92 Å². The molecule has 0 radical (unpaired) electrons. The second-order valence-corrected chi connectivity index (χ2v) is 6.05. The summed E-state index contributed by atoms with van der Waals surface area (Å²) in [4.78, 5) is 24.8. The Bertz CT molecular complexity index is 628. The highest BCUT2D eigenvalue weighted by molar-refractivity contribution is 7.17. The third-order valence-corrected chi connectivity index (χ3v) is 4.87. The molecule has 19 heavy (non-hydrogen) atoms. The normalized spacial score (nSPS) is 10.4. The molecule has 2 aromatic rings. The number of amides is 1. The van der Waals surface area contributed by atoms with Crippen LogP contribution in [0.1, 0.15) is 37.4 Å². The van der Waals surface area contributed by atoms with Crippen LogP contribution >= 0.6 is 22.7 Å². The Morgan fingerprint density at radius 2 is 2.16 bits per heavy atom. The molecular formula is C13H13NO3S2. The topological polar surface area (TPSA) is 66.4 Å². The molecule has 0 unspecified atom stereocenters. The van der Waals surface area contributed by atoms with Crippen molar-refractivity contribution in [3.8, 4) is 0 Å². The second-order valence-electron chi connectivity index (χ2n) is 4.00. The number of hydrogen-bond acceptors (Lipinski definition) is 4. The fraction of sp³-hybridized carbons (Fsp3) is 0.231.